The topological polar surface area (TPSA) is 344 Å². The second-order valence-electron chi connectivity index (χ2n) is 15.4. The van der Waals surface area contributed by atoms with Gasteiger partial charge < -0.3 is 90.5 Å². The summed E-state index contributed by atoms with van der Waals surface area (Å²) in [5.74, 6) is -5.89. The predicted molar refractivity (Wildman–Crippen MR) is 197 cm³/mol. The van der Waals surface area contributed by atoms with Gasteiger partial charge in [0.1, 0.15) is 67.1 Å². The van der Waals surface area contributed by atoms with Crippen LogP contribution in [0.5, 0.6) is 0 Å². The number of ether oxygens (including phenoxy) is 5. The van der Waals surface area contributed by atoms with Gasteiger partial charge in [-0.25, -0.2) is 4.79 Å². The van der Waals surface area contributed by atoms with Crippen molar-refractivity contribution in [2.24, 2.45) is 0 Å². The smallest absolute Gasteiger partial charge is 0.364 e. The van der Waals surface area contributed by atoms with Crippen molar-refractivity contribution in [3.8, 4) is 0 Å². The van der Waals surface area contributed by atoms with Crippen LogP contribution in [0.4, 0.5) is 0 Å². The summed E-state index contributed by atoms with van der Waals surface area (Å²) in [5, 5.41) is 120. The number of nitrogens with one attached hydrogen (secondary N) is 2. The van der Waals surface area contributed by atoms with Crippen LogP contribution in [0.1, 0.15) is 97.3 Å². The Morgan fingerprint density at radius 1 is 0.776 bits per heavy atom. The molecule has 0 aromatic carbocycles. The van der Waals surface area contributed by atoms with Gasteiger partial charge in [0, 0.05) is 19.8 Å². The van der Waals surface area contributed by atoms with Crippen LogP contribution < -0.4 is 10.6 Å². The highest BCUT2D eigenvalue weighted by atomic mass is 16.8. The molecule has 3 rings (SSSR count). The third kappa shape index (κ3) is 13.7. The summed E-state index contributed by atoms with van der Waals surface area (Å²) in [5.41, 5.74) is 0. The molecule has 21 heteroatoms. The van der Waals surface area contributed by atoms with E-state index in [-0.39, 0.29) is 6.42 Å². The van der Waals surface area contributed by atoms with E-state index in [9.17, 15) is 70.6 Å². The first-order valence-electron chi connectivity index (χ1n) is 20.3. The quantitative estimate of drug-likeness (QED) is 0.0421. The van der Waals surface area contributed by atoms with Crippen molar-refractivity contribution in [1.82, 2.24) is 10.6 Å². The van der Waals surface area contributed by atoms with Crippen molar-refractivity contribution in [2.45, 2.75) is 195 Å². The van der Waals surface area contributed by atoms with E-state index in [1.54, 1.807) is 0 Å². The Morgan fingerprint density at radius 2 is 1.38 bits per heavy atom. The number of carbonyl (C=O) groups excluding carboxylic acids is 2. The van der Waals surface area contributed by atoms with Gasteiger partial charge in [0.2, 0.25) is 11.8 Å². The molecule has 0 radical (unpaired) electrons. The molecule has 0 spiro atoms. The maximum absolute atomic E-state index is 12.7. The molecular formula is C37H66N2O19. The van der Waals surface area contributed by atoms with Crippen LogP contribution in [0.3, 0.4) is 0 Å². The van der Waals surface area contributed by atoms with E-state index in [1.807, 2.05) is 0 Å². The van der Waals surface area contributed by atoms with Crippen LogP contribution in [0.2, 0.25) is 0 Å². The summed E-state index contributed by atoms with van der Waals surface area (Å²) in [4.78, 5) is 37.0. The van der Waals surface area contributed by atoms with E-state index >= 15 is 0 Å². The van der Waals surface area contributed by atoms with Crippen LogP contribution in [-0.4, -0.2) is 191 Å². The summed E-state index contributed by atoms with van der Waals surface area (Å²) < 4.78 is 28.0. The zero-order valence-electron chi connectivity index (χ0n) is 33.2. The number of rotatable bonds is 24. The fourth-order valence-electron chi connectivity index (χ4n) is 7.37. The van der Waals surface area contributed by atoms with Crippen LogP contribution in [0, 0.1) is 0 Å². The van der Waals surface area contributed by atoms with Crippen molar-refractivity contribution >= 4 is 17.8 Å². The first-order valence-corrected chi connectivity index (χ1v) is 20.3. The molecule has 3 heterocycles. The zero-order chi connectivity index (χ0) is 43.2. The van der Waals surface area contributed by atoms with E-state index in [1.165, 1.54) is 38.5 Å². The van der Waals surface area contributed by atoms with E-state index in [4.69, 9.17) is 23.7 Å². The average Bonchev–Trinajstić information content (AvgIpc) is 3.19. The molecule has 2 amide bonds. The maximum Gasteiger partial charge on any atom is 0.364 e. The molecule has 3 fully saturated rings. The fraction of sp³-hybridized carbons (Fsp3) is 0.919. The van der Waals surface area contributed by atoms with Crippen molar-refractivity contribution in [1.29, 1.82) is 0 Å². The number of carbonyl (C=O) groups is 3. The lowest BCUT2D eigenvalue weighted by Gasteiger charge is -2.48. The van der Waals surface area contributed by atoms with Gasteiger partial charge in [-0.1, -0.05) is 71.1 Å². The van der Waals surface area contributed by atoms with Gasteiger partial charge in [-0.3, -0.25) is 9.59 Å². The van der Waals surface area contributed by atoms with Crippen molar-refractivity contribution in [3.05, 3.63) is 0 Å². The third-order valence-corrected chi connectivity index (χ3v) is 10.8. The molecule has 21 nitrogen and oxygen atoms in total. The number of aliphatic hydroxyl groups excluding tert-OH is 10. The molecule has 0 saturated carbocycles. The molecule has 3 aliphatic rings. The molecule has 0 aromatic rings. The lowest BCUT2D eigenvalue weighted by atomic mass is 9.88. The molecule has 338 valence electrons. The standard InChI is InChI=1S/C37H66N2O19/c1-3-4-5-6-7-8-9-10-11-12-13-14-24(45)39-34-30(50)29(49)32(22(17-41)55-34)57-35-31(51)28(48)27(47)23(56-35)18-54-37(36(52)53)15-20(43)25(38-19(2)42)33(58-37)26(46)21(44)16-40/h20-23,25-35,40-41,43-44,46-51H,3-18H2,1-2H3,(H,38,42)(H,39,45)(H,52,53)/t20-,21+,22+,23+,25+,26+,27-,28-,29+,30+,31+,32+,33+,34+,35-,37+/m0/s1. The SMILES string of the molecule is CCCCCCCCCCCCCC(=O)N[C@@H]1O[C@H](CO)[C@@H](O[C@@H]2O[C@H](CO[C@]3(C(=O)O)C[C@H](O)[C@@H](NC(C)=O)[C@H]([C@H](O)[C@H](O)CO)O3)[C@H](O)[C@H](O)[C@H]2O)[C@H](O)[C@H]1O. The van der Waals surface area contributed by atoms with Gasteiger partial charge in [0.25, 0.3) is 5.79 Å². The summed E-state index contributed by atoms with van der Waals surface area (Å²) in [6.07, 6.45) is -14.3. The number of aliphatic hydroxyl groups is 10. The first-order chi connectivity index (χ1) is 27.5. The van der Waals surface area contributed by atoms with Crippen LogP contribution in [-0.2, 0) is 38.1 Å². The fourth-order valence-corrected chi connectivity index (χ4v) is 7.37. The van der Waals surface area contributed by atoms with Gasteiger partial charge in [0.15, 0.2) is 12.5 Å². The highest BCUT2D eigenvalue weighted by Gasteiger charge is 2.57. The Balaban J connectivity index is 1.60. The molecular weight excluding hydrogens is 776 g/mol. The van der Waals surface area contributed by atoms with Crippen molar-refractivity contribution in [3.63, 3.8) is 0 Å². The van der Waals surface area contributed by atoms with Crippen LogP contribution in [0.25, 0.3) is 0 Å². The highest BCUT2D eigenvalue weighted by molar-refractivity contribution is 5.77. The number of hydrogen-bond acceptors (Lipinski definition) is 18. The van der Waals surface area contributed by atoms with Gasteiger partial charge >= 0.3 is 5.97 Å². The van der Waals surface area contributed by atoms with E-state index in [2.05, 4.69) is 17.6 Å². The Kier molecular flexibility index (Phi) is 21.0. The summed E-state index contributed by atoms with van der Waals surface area (Å²) in [6.45, 7) is 0.441. The van der Waals surface area contributed by atoms with Gasteiger partial charge in [0.05, 0.1) is 32.0 Å². The highest BCUT2D eigenvalue weighted by Crippen LogP contribution is 2.35. The molecule has 58 heavy (non-hydrogen) atoms. The van der Waals surface area contributed by atoms with Crippen LogP contribution in [0.15, 0.2) is 0 Å². The second kappa shape index (κ2) is 24.3. The minimum atomic E-state index is -2.85. The molecule has 0 aromatic heterocycles. The Bertz CT molecular complexity index is 1250. The normalized spacial score (nSPS) is 36.5. The van der Waals surface area contributed by atoms with Gasteiger partial charge in [-0.15, -0.1) is 0 Å². The van der Waals surface area contributed by atoms with Gasteiger partial charge in [-0.2, -0.15) is 0 Å². The van der Waals surface area contributed by atoms with Crippen molar-refractivity contribution < 1.29 is 94.2 Å². The largest absolute Gasteiger partial charge is 0.477 e. The van der Waals surface area contributed by atoms with E-state index < -0.39 is 142 Å². The van der Waals surface area contributed by atoms with E-state index in [0.29, 0.717) is 6.42 Å². The predicted octanol–water partition coefficient (Wildman–Crippen LogP) is -3.40. The number of hydrogen-bond donors (Lipinski definition) is 13. The average molecular weight is 843 g/mol. The molecule has 0 aliphatic carbocycles. The minimum absolute atomic E-state index is 0.129. The number of amides is 2. The van der Waals surface area contributed by atoms with E-state index in [0.717, 1.165) is 32.6 Å². The second-order valence-corrected chi connectivity index (χ2v) is 15.4. The third-order valence-electron chi connectivity index (χ3n) is 10.8. The summed E-state index contributed by atoms with van der Waals surface area (Å²) in [6, 6.07) is -1.49. The zero-order valence-corrected chi connectivity index (χ0v) is 33.2. The number of carboxylic acid groups (broad SMARTS) is 1. The molecule has 0 bridgehead atoms. The van der Waals surface area contributed by atoms with Crippen LogP contribution >= 0.6 is 0 Å². The maximum atomic E-state index is 12.7. The minimum Gasteiger partial charge on any atom is -0.477 e. The number of aliphatic carboxylic acids is 1. The molecule has 13 N–H and O–H groups in total. The monoisotopic (exact) mass is 842 g/mol. The lowest BCUT2D eigenvalue weighted by Crippen LogP contribution is -2.68. The Hall–Kier alpha value is -2.19. The first kappa shape index (κ1) is 50.2. The molecule has 16 atom stereocenters. The van der Waals surface area contributed by atoms with Crippen molar-refractivity contribution in [2.75, 3.05) is 19.8 Å². The summed E-state index contributed by atoms with van der Waals surface area (Å²) in [7, 11) is 0. The Labute approximate surface area is 337 Å². The number of carboxylic acids is 1. The Morgan fingerprint density at radius 3 is 1.93 bits per heavy atom. The van der Waals surface area contributed by atoms with Gasteiger partial charge in [-0.05, 0) is 6.42 Å². The summed E-state index contributed by atoms with van der Waals surface area (Å²) >= 11 is 0. The molecule has 3 saturated heterocycles. The molecule has 3 aliphatic heterocycles. The lowest BCUT2D eigenvalue weighted by molar-refractivity contribution is -0.357. The molecule has 0 unspecified atom stereocenters. The number of unbranched alkanes of at least 4 members (excludes halogenated alkanes) is 10.